The number of unbranched alkanes of at least 4 members (excludes halogenated alkanes) is 19. The average Bonchev–Trinajstić information content (AvgIpc) is 2.86. The Morgan fingerprint density at radius 1 is 0.605 bits per heavy atom. The molecular weight excluding hydrogens is 502 g/mol. The van der Waals surface area contributed by atoms with Crippen LogP contribution in [-0.4, -0.2) is 53.1 Å². The second-order valence-corrected chi connectivity index (χ2v) is 12.7. The third-order valence-corrected chi connectivity index (χ3v) is 8.20. The van der Waals surface area contributed by atoms with Crippen molar-refractivity contribution in [2.24, 2.45) is 0 Å². The number of hydrogen-bond donors (Lipinski definition) is 4. The van der Waals surface area contributed by atoms with Gasteiger partial charge < -0.3 is 15.5 Å². The molecule has 4 N–H and O–H groups in total. The quantitative estimate of drug-likeness (QED) is 0.0595. The fraction of sp³-hybridized carbons (Fsp3) is 0.967. The molecule has 0 aliphatic carbocycles. The van der Waals surface area contributed by atoms with E-state index in [1.807, 2.05) is 0 Å². The molecule has 7 nitrogen and oxygen atoms in total. The Morgan fingerprint density at radius 3 is 1.32 bits per heavy atom. The lowest BCUT2D eigenvalue weighted by Crippen LogP contribution is -2.50. The molecule has 0 heterocycles. The molecule has 0 aromatic carbocycles. The molecule has 38 heavy (non-hydrogen) atoms. The topological polar surface area (TPSA) is 124 Å². The van der Waals surface area contributed by atoms with Crippen molar-refractivity contribution in [3.63, 3.8) is 0 Å². The minimum atomic E-state index is -4.39. The molecule has 228 valence electrons. The van der Waals surface area contributed by atoms with Gasteiger partial charge in [-0.05, 0) is 12.8 Å². The van der Waals surface area contributed by atoms with Gasteiger partial charge in [0.25, 0.3) is 10.1 Å². The van der Waals surface area contributed by atoms with Crippen molar-refractivity contribution < 1.29 is 28.0 Å². The van der Waals surface area contributed by atoms with E-state index in [9.17, 15) is 28.0 Å². The van der Waals surface area contributed by atoms with Crippen molar-refractivity contribution >= 4 is 16.0 Å². The summed E-state index contributed by atoms with van der Waals surface area (Å²) in [6, 6.07) is -1.14. The van der Waals surface area contributed by atoms with Crippen LogP contribution in [0.2, 0.25) is 0 Å². The van der Waals surface area contributed by atoms with Crippen LogP contribution in [0, 0.1) is 0 Å². The van der Waals surface area contributed by atoms with Crippen molar-refractivity contribution in [3.05, 3.63) is 0 Å². The maximum absolute atomic E-state index is 12.5. The third kappa shape index (κ3) is 24.3. The molecule has 0 aromatic heterocycles. The molecule has 0 saturated carbocycles. The fourth-order valence-corrected chi connectivity index (χ4v) is 5.69. The van der Waals surface area contributed by atoms with Crippen molar-refractivity contribution in [1.29, 1.82) is 0 Å². The zero-order valence-corrected chi connectivity index (χ0v) is 25.5. The molecule has 8 heteroatoms. The number of amides is 1. The number of carbonyl (C=O) groups is 1. The Bertz CT molecular complexity index is 643. The largest absolute Gasteiger partial charge is 0.391 e. The Kier molecular flexibility index (Phi) is 24.8. The molecule has 3 unspecified atom stereocenters. The smallest absolute Gasteiger partial charge is 0.266 e. The molecule has 0 rings (SSSR count). The van der Waals surface area contributed by atoms with E-state index in [1.54, 1.807) is 0 Å². The molecule has 0 aromatic rings. The van der Waals surface area contributed by atoms with Crippen LogP contribution in [0.3, 0.4) is 0 Å². The number of aliphatic hydroxyl groups excluding tert-OH is 2. The summed E-state index contributed by atoms with van der Waals surface area (Å²) in [6.07, 6.45) is 22.7. The molecule has 1 amide bonds. The van der Waals surface area contributed by atoms with Crippen LogP contribution in [0.1, 0.15) is 162 Å². The molecule has 0 aliphatic heterocycles. The van der Waals surface area contributed by atoms with Gasteiger partial charge in [0, 0.05) is 0 Å². The monoisotopic (exact) mass is 563 g/mol. The molecule has 0 aliphatic rings. The number of carbonyl (C=O) groups excluding carboxylic acids is 1. The van der Waals surface area contributed by atoms with Crippen LogP contribution in [0.4, 0.5) is 0 Å². The first kappa shape index (κ1) is 37.3. The van der Waals surface area contributed by atoms with Crippen molar-refractivity contribution in [3.8, 4) is 0 Å². The minimum absolute atomic E-state index is 0.302. The van der Waals surface area contributed by atoms with Crippen LogP contribution >= 0.6 is 0 Å². The molecule has 3 atom stereocenters. The lowest BCUT2D eigenvalue weighted by atomic mass is 10.0. The lowest BCUT2D eigenvalue weighted by Gasteiger charge is -2.24. The average molecular weight is 564 g/mol. The summed E-state index contributed by atoms with van der Waals surface area (Å²) in [7, 11) is -4.39. The van der Waals surface area contributed by atoms with Crippen LogP contribution in [0.5, 0.6) is 0 Å². The maximum Gasteiger partial charge on any atom is 0.266 e. The SMILES string of the molecule is CCCCCCCCCCCCCCC(O)C(=O)NC(CS(=O)(=O)O)C(O)CCCCCCCCCCC. The van der Waals surface area contributed by atoms with Crippen LogP contribution in [0.15, 0.2) is 0 Å². The summed E-state index contributed by atoms with van der Waals surface area (Å²) in [4.78, 5) is 12.5. The molecular formula is C30H61NO6S. The molecule has 0 bridgehead atoms. The predicted octanol–water partition coefficient (Wildman–Crippen LogP) is 7.09. The maximum atomic E-state index is 12.5. The molecule has 0 spiro atoms. The van der Waals surface area contributed by atoms with Crippen LogP contribution in [-0.2, 0) is 14.9 Å². The van der Waals surface area contributed by atoms with E-state index in [2.05, 4.69) is 19.2 Å². The van der Waals surface area contributed by atoms with Gasteiger partial charge in [-0.15, -0.1) is 0 Å². The van der Waals surface area contributed by atoms with E-state index in [0.29, 0.717) is 12.8 Å². The highest BCUT2D eigenvalue weighted by Gasteiger charge is 2.28. The highest BCUT2D eigenvalue weighted by atomic mass is 32.2. The summed E-state index contributed by atoms with van der Waals surface area (Å²) in [6.45, 7) is 4.43. The van der Waals surface area contributed by atoms with E-state index >= 15 is 0 Å². The van der Waals surface area contributed by atoms with Crippen molar-refractivity contribution in [1.82, 2.24) is 5.32 Å². The number of nitrogens with one attached hydrogen (secondary N) is 1. The normalized spacial score (nSPS) is 14.3. The van der Waals surface area contributed by atoms with E-state index in [-0.39, 0.29) is 0 Å². The molecule has 0 radical (unpaired) electrons. The van der Waals surface area contributed by atoms with Gasteiger partial charge in [0.15, 0.2) is 0 Å². The first-order valence-electron chi connectivity index (χ1n) is 15.8. The van der Waals surface area contributed by atoms with E-state index in [0.717, 1.165) is 44.9 Å². The highest BCUT2D eigenvalue weighted by Crippen LogP contribution is 2.15. The Balaban J connectivity index is 4.13. The fourth-order valence-electron chi connectivity index (χ4n) is 4.93. The van der Waals surface area contributed by atoms with Crippen LogP contribution in [0.25, 0.3) is 0 Å². The summed E-state index contributed by atoms with van der Waals surface area (Å²) in [5, 5.41) is 23.2. The minimum Gasteiger partial charge on any atom is -0.391 e. The van der Waals surface area contributed by atoms with Crippen LogP contribution < -0.4 is 5.32 Å². The summed E-state index contributed by atoms with van der Waals surface area (Å²) in [5.74, 6) is -1.45. The zero-order chi connectivity index (χ0) is 28.5. The van der Waals surface area contributed by atoms with Crippen molar-refractivity contribution in [2.75, 3.05) is 5.75 Å². The standard InChI is InChI=1S/C30H61NO6S/c1-3-5-7-9-11-13-14-15-17-19-21-23-25-29(33)30(34)31-27(26-38(35,36)37)28(32)24-22-20-18-16-12-10-8-6-4-2/h27-29,32-33H,3-26H2,1-2H3,(H,31,34)(H,35,36,37). The van der Waals surface area contributed by atoms with E-state index in [1.165, 1.54) is 89.9 Å². The lowest BCUT2D eigenvalue weighted by molar-refractivity contribution is -0.131. The summed E-state index contributed by atoms with van der Waals surface area (Å²) in [5.41, 5.74) is 0. The summed E-state index contributed by atoms with van der Waals surface area (Å²) < 4.78 is 32.2. The van der Waals surface area contributed by atoms with Gasteiger partial charge in [0.2, 0.25) is 5.91 Å². The molecule has 0 saturated heterocycles. The third-order valence-electron chi connectivity index (χ3n) is 7.42. The van der Waals surface area contributed by atoms with Gasteiger partial charge in [0.05, 0.1) is 17.9 Å². The van der Waals surface area contributed by atoms with Gasteiger partial charge in [-0.25, -0.2) is 0 Å². The van der Waals surface area contributed by atoms with Gasteiger partial charge in [-0.2, -0.15) is 8.42 Å². The van der Waals surface area contributed by atoms with E-state index < -0.39 is 40.0 Å². The zero-order valence-electron chi connectivity index (χ0n) is 24.7. The Labute approximate surface area is 234 Å². The second-order valence-electron chi connectivity index (χ2n) is 11.2. The van der Waals surface area contributed by atoms with E-state index in [4.69, 9.17) is 0 Å². The van der Waals surface area contributed by atoms with Crippen molar-refractivity contribution in [2.45, 2.75) is 180 Å². The number of rotatable bonds is 28. The second kappa shape index (κ2) is 25.3. The Hall–Kier alpha value is -0.700. The number of hydrogen-bond acceptors (Lipinski definition) is 5. The van der Waals surface area contributed by atoms with Gasteiger partial charge >= 0.3 is 0 Å². The highest BCUT2D eigenvalue weighted by molar-refractivity contribution is 7.85. The first-order valence-corrected chi connectivity index (χ1v) is 17.4. The van der Waals surface area contributed by atoms with Gasteiger partial charge in [-0.1, -0.05) is 149 Å². The predicted molar refractivity (Wildman–Crippen MR) is 158 cm³/mol. The van der Waals surface area contributed by atoms with Gasteiger partial charge in [0.1, 0.15) is 6.10 Å². The Morgan fingerprint density at radius 2 is 0.947 bits per heavy atom. The number of aliphatic hydroxyl groups is 2. The first-order chi connectivity index (χ1) is 18.2. The molecule has 0 fully saturated rings. The summed E-state index contributed by atoms with van der Waals surface area (Å²) >= 11 is 0. The van der Waals surface area contributed by atoms with Gasteiger partial charge in [-0.3, -0.25) is 9.35 Å².